The molecule has 0 radical (unpaired) electrons. The first-order chi connectivity index (χ1) is 7.22. The van der Waals surface area contributed by atoms with Gasteiger partial charge in [0.05, 0.1) is 0 Å². The van der Waals surface area contributed by atoms with Crippen LogP contribution in [0.25, 0.3) is 0 Å². The third-order valence-corrected chi connectivity index (χ3v) is 3.73. The number of alkyl halides is 1. The first-order valence-electron chi connectivity index (χ1n) is 5.50. The van der Waals surface area contributed by atoms with Crippen LogP contribution in [0.2, 0.25) is 0 Å². The second kappa shape index (κ2) is 4.58. The molecule has 1 amide bonds. The largest absolute Gasteiger partial charge is 0.465 e. The van der Waals surface area contributed by atoms with E-state index in [9.17, 15) is 4.79 Å². The zero-order valence-electron chi connectivity index (χ0n) is 8.73. The van der Waals surface area contributed by atoms with Crippen molar-refractivity contribution in [2.75, 3.05) is 32.1 Å². The Morgan fingerprint density at radius 3 is 2.87 bits per heavy atom. The molecule has 2 aliphatic heterocycles. The number of piperidine rings is 1. The summed E-state index contributed by atoms with van der Waals surface area (Å²) in [6.07, 6.45) is 1.22. The molecule has 2 rings (SSSR count). The van der Waals surface area contributed by atoms with Crippen molar-refractivity contribution in [3.05, 3.63) is 0 Å². The molecule has 2 heterocycles. The number of carbonyl (C=O) groups is 1. The normalized spacial score (nSPS) is 31.7. The molecule has 1 N–H and O–H groups in total. The topological polar surface area (TPSA) is 43.8 Å². The average Bonchev–Trinajstić information content (AvgIpc) is 2.61. The SMILES string of the molecule is O=C(O)N1CCC2CN(CCCl)CCC21. The van der Waals surface area contributed by atoms with Crippen LogP contribution in [-0.2, 0) is 0 Å². The molecule has 2 fully saturated rings. The van der Waals surface area contributed by atoms with Gasteiger partial charge in [-0.25, -0.2) is 4.79 Å². The summed E-state index contributed by atoms with van der Waals surface area (Å²) in [5.41, 5.74) is 0. The van der Waals surface area contributed by atoms with Crippen LogP contribution in [0.5, 0.6) is 0 Å². The van der Waals surface area contributed by atoms with Crippen molar-refractivity contribution in [1.29, 1.82) is 0 Å². The molecule has 2 aliphatic rings. The van der Waals surface area contributed by atoms with Crippen molar-refractivity contribution in [3.63, 3.8) is 0 Å². The highest BCUT2D eigenvalue weighted by Crippen LogP contribution is 2.31. The van der Waals surface area contributed by atoms with Crippen LogP contribution >= 0.6 is 11.6 Å². The Hall–Kier alpha value is -0.480. The summed E-state index contributed by atoms with van der Waals surface area (Å²) in [6, 6.07) is 0.258. The van der Waals surface area contributed by atoms with Crippen LogP contribution in [0.4, 0.5) is 4.79 Å². The fourth-order valence-corrected chi connectivity index (χ4v) is 3.06. The summed E-state index contributed by atoms with van der Waals surface area (Å²) in [6.45, 7) is 3.63. The Morgan fingerprint density at radius 1 is 1.40 bits per heavy atom. The van der Waals surface area contributed by atoms with Gasteiger partial charge in [0.15, 0.2) is 0 Å². The van der Waals surface area contributed by atoms with Crippen molar-refractivity contribution in [3.8, 4) is 0 Å². The number of amides is 1. The third-order valence-electron chi connectivity index (χ3n) is 3.57. The van der Waals surface area contributed by atoms with Gasteiger partial charge in [-0.15, -0.1) is 11.6 Å². The Morgan fingerprint density at radius 2 is 2.20 bits per heavy atom. The lowest BCUT2D eigenvalue weighted by Gasteiger charge is -2.36. The summed E-state index contributed by atoms with van der Waals surface area (Å²) in [5, 5.41) is 9.01. The maximum absolute atomic E-state index is 11.0. The fraction of sp³-hybridized carbons (Fsp3) is 0.900. The van der Waals surface area contributed by atoms with Gasteiger partial charge >= 0.3 is 6.09 Å². The van der Waals surface area contributed by atoms with Gasteiger partial charge < -0.3 is 14.9 Å². The molecule has 0 aliphatic carbocycles. The second-order valence-corrected chi connectivity index (χ2v) is 4.75. The minimum atomic E-state index is -0.756. The second-order valence-electron chi connectivity index (χ2n) is 4.37. The van der Waals surface area contributed by atoms with E-state index in [2.05, 4.69) is 4.90 Å². The van der Waals surface area contributed by atoms with E-state index >= 15 is 0 Å². The molecule has 0 bridgehead atoms. The summed E-state index contributed by atoms with van der Waals surface area (Å²) in [5.74, 6) is 1.19. The molecule has 15 heavy (non-hydrogen) atoms. The Balaban J connectivity index is 1.93. The number of hydrogen-bond acceptors (Lipinski definition) is 2. The van der Waals surface area contributed by atoms with Gasteiger partial charge in [-0.2, -0.15) is 0 Å². The molecule has 2 saturated heterocycles. The van der Waals surface area contributed by atoms with Crippen molar-refractivity contribution in [2.45, 2.75) is 18.9 Å². The molecular formula is C10H17ClN2O2. The molecule has 0 saturated carbocycles. The van der Waals surface area contributed by atoms with Crippen molar-refractivity contribution < 1.29 is 9.90 Å². The third kappa shape index (κ3) is 2.21. The van der Waals surface area contributed by atoms with Gasteiger partial charge in [0.1, 0.15) is 0 Å². The number of rotatable bonds is 2. The van der Waals surface area contributed by atoms with Crippen LogP contribution in [0.15, 0.2) is 0 Å². The highest BCUT2D eigenvalue weighted by molar-refractivity contribution is 6.18. The number of halogens is 1. The molecule has 4 nitrogen and oxygen atoms in total. The Kier molecular flexibility index (Phi) is 3.36. The summed E-state index contributed by atoms with van der Waals surface area (Å²) in [4.78, 5) is 14.9. The lowest BCUT2D eigenvalue weighted by molar-refractivity contribution is 0.0995. The predicted octanol–water partition coefficient (Wildman–Crippen LogP) is 1.30. The van der Waals surface area contributed by atoms with Crippen LogP contribution in [-0.4, -0.2) is 59.1 Å². The van der Waals surface area contributed by atoms with Gasteiger partial charge in [-0.1, -0.05) is 0 Å². The number of fused-ring (bicyclic) bond motifs is 1. The maximum atomic E-state index is 11.0. The van der Waals surface area contributed by atoms with Crippen molar-refractivity contribution in [1.82, 2.24) is 9.80 Å². The van der Waals surface area contributed by atoms with Gasteiger partial charge in [0.25, 0.3) is 0 Å². The standard InChI is InChI=1S/C10H17ClN2O2/c11-3-6-12-4-2-9-8(7-12)1-5-13(9)10(14)15/h8-9H,1-7H2,(H,14,15). The minimum Gasteiger partial charge on any atom is -0.465 e. The lowest BCUT2D eigenvalue weighted by atomic mass is 9.93. The first-order valence-corrected chi connectivity index (χ1v) is 6.03. The van der Waals surface area contributed by atoms with E-state index in [1.54, 1.807) is 4.90 Å². The molecular weight excluding hydrogens is 216 g/mol. The fourth-order valence-electron chi connectivity index (χ4n) is 2.82. The maximum Gasteiger partial charge on any atom is 0.407 e. The molecule has 0 aromatic carbocycles. The molecule has 2 unspecified atom stereocenters. The van der Waals surface area contributed by atoms with E-state index < -0.39 is 6.09 Å². The monoisotopic (exact) mass is 232 g/mol. The lowest BCUT2D eigenvalue weighted by Crippen LogP contribution is -2.47. The predicted molar refractivity (Wildman–Crippen MR) is 58.4 cm³/mol. The van der Waals surface area contributed by atoms with E-state index in [1.807, 2.05) is 0 Å². The quantitative estimate of drug-likeness (QED) is 0.730. The smallest absolute Gasteiger partial charge is 0.407 e. The van der Waals surface area contributed by atoms with E-state index in [4.69, 9.17) is 16.7 Å². The van der Waals surface area contributed by atoms with Crippen molar-refractivity contribution >= 4 is 17.7 Å². The van der Waals surface area contributed by atoms with E-state index in [-0.39, 0.29) is 6.04 Å². The Labute approximate surface area is 94.8 Å². The number of nitrogens with zero attached hydrogens (tertiary/aromatic N) is 2. The van der Waals surface area contributed by atoms with Crippen LogP contribution < -0.4 is 0 Å². The van der Waals surface area contributed by atoms with Crippen LogP contribution in [0.1, 0.15) is 12.8 Å². The highest BCUT2D eigenvalue weighted by atomic mass is 35.5. The average molecular weight is 233 g/mol. The van der Waals surface area contributed by atoms with Gasteiger partial charge in [-0.3, -0.25) is 0 Å². The summed E-state index contributed by atoms with van der Waals surface area (Å²) < 4.78 is 0. The molecule has 5 heteroatoms. The van der Waals surface area contributed by atoms with E-state index in [0.717, 1.165) is 32.5 Å². The Bertz CT molecular complexity index is 250. The van der Waals surface area contributed by atoms with E-state index in [1.165, 1.54) is 0 Å². The summed E-state index contributed by atoms with van der Waals surface area (Å²) >= 11 is 5.71. The zero-order chi connectivity index (χ0) is 10.8. The van der Waals surface area contributed by atoms with Gasteiger partial charge in [0.2, 0.25) is 0 Å². The number of likely N-dealkylation sites (tertiary alicyclic amines) is 2. The molecule has 86 valence electrons. The highest BCUT2D eigenvalue weighted by Gasteiger charge is 2.40. The molecule has 0 aromatic rings. The zero-order valence-corrected chi connectivity index (χ0v) is 9.49. The van der Waals surface area contributed by atoms with Gasteiger partial charge in [-0.05, 0) is 18.8 Å². The molecule has 2 atom stereocenters. The molecule has 0 spiro atoms. The first kappa shape index (κ1) is 11.0. The summed E-state index contributed by atoms with van der Waals surface area (Å²) in [7, 11) is 0. The van der Waals surface area contributed by atoms with Gasteiger partial charge in [0, 0.05) is 38.1 Å². The number of hydrogen-bond donors (Lipinski definition) is 1. The van der Waals surface area contributed by atoms with Crippen LogP contribution in [0, 0.1) is 5.92 Å². The molecule has 0 aromatic heterocycles. The van der Waals surface area contributed by atoms with Crippen molar-refractivity contribution in [2.24, 2.45) is 5.92 Å². The van der Waals surface area contributed by atoms with E-state index in [0.29, 0.717) is 18.3 Å². The number of carboxylic acid groups (broad SMARTS) is 1. The van der Waals surface area contributed by atoms with Crippen LogP contribution in [0.3, 0.4) is 0 Å². The minimum absolute atomic E-state index is 0.258.